The first kappa shape index (κ1) is 31.1. The van der Waals surface area contributed by atoms with Crippen LogP contribution < -0.4 is 15.4 Å². The third-order valence-corrected chi connectivity index (χ3v) is 8.96. The molecule has 1 aliphatic heterocycles. The average molecular weight is 627 g/mol. The van der Waals surface area contributed by atoms with E-state index in [1.54, 1.807) is 23.0 Å². The number of benzene rings is 2. The number of piperidine rings is 1. The average Bonchev–Trinajstić information content (AvgIpc) is 3.51. The minimum Gasteiger partial charge on any atom is -0.494 e. The van der Waals surface area contributed by atoms with Crippen molar-refractivity contribution in [3.63, 3.8) is 0 Å². The zero-order chi connectivity index (χ0) is 32.3. The SMILES string of the molecule is CCc1cc(Nc2nccn3c(-c4ccc(OC)c(F)c4F)cnc23)ccc1C(=O)NCC1CC[N+](C)(Cc2cccnc2)CC1. The number of pyridine rings is 1. The first-order chi connectivity index (χ1) is 22.3. The minimum absolute atomic E-state index is 0.0534. The molecule has 1 fully saturated rings. The van der Waals surface area contributed by atoms with Gasteiger partial charge in [0.25, 0.3) is 5.91 Å². The number of methoxy groups -OCH3 is 1. The molecule has 6 rings (SSSR count). The molecule has 0 saturated carbocycles. The number of quaternary nitrogens is 1. The van der Waals surface area contributed by atoms with Crippen molar-refractivity contribution in [1.29, 1.82) is 0 Å². The maximum absolute atomic E-state index is 14.9. The lowest BCUT2D eigenvalue weighted by Gasteiger charge is -2.40. The number of fused-ring (bicyclic) bond motifs is 1. The van der Waals surface area contributed by atoms with Gasteiger partial charge in [-0.15, -0.1) is 0 Å². The van der Waals surface area contributed by atoms with Gasteiger partial charge in [0.05, 0.1) is 39.1 Å². The van der Waals surface area contributed by atoms with Crippen molar-refractivity contribution in [3.8, 4) is 17.0 Å². The summed E-state index contributed by atoms with van der Waals surface area (Å²) in [5.74, 6) is -1.44. The fourth-order valence-electron chi connectivity index (χ4n) is 6.29. The summed E-state index contributed by atoms with van der Waals surface area (Å²) >= 11 is 0. The van der Waals surface area contributed by atoms with Gasteiger partial charge in [0.15, 0.2) is 23.0 Å². The monoisotopic (exact) mass is 626 g/mol. The summed E-state index contributed by atoms with van der Waals surface area (Å²) < 4.78 is 36.8. The van der Waals surface area contributed by atoms with Crippen molar-refractivity contribution in [2.24, 2.45) is 5.92 Å². The van der Waals surface area contributed by atoms with Crippen LogP contribution in [-0.4, -0.2) is 63.5 Å². The summed E-state index contributed by atoms with van der Waals surface area (Å²) in [6.07, 6.45) is 11.2. The smallest absolute Gasteiger partial charge is 0.251 e. The van der Waals surface area contributed by atoms with Crippen LogP contribution in [0, 0.1) is 17.6 Å². The maximum Gasteiger partial charge on any atom is 0.251 e. The van der Waals surface area contributed by atoms with Crippen LogP contribution in [0.25, 0.3) is 16.9 Å². The Balaban J connectivity index is 1.11. The number of aromatic nitrogens is 4. The molecule has 0 atom stereocenters. The fraction of sp³-hybridized carbons (Fsp3) is 0.314. The van der Waals surface area contributed by atoms with Crippen LogP contribution in [0.4, 0.5) is 20.3 Å². The van der Waals surface area contributed by atoms with Gasteiger partial charge in [-0.2, -0.15) is 4.39 Å². The molecule has 0 radical (unpaired) electrons. The molecule has 9 nitrogen and oxygen atoms in total. The van der Waals surface area contributed by atoms with Gasteiger partial charge in [-0.05, 0) is 54.3 Å². The van der Waals surface area contributed by atoms with Crippen molar-refractivity contribution in [3.05, 3.63) is 102 Å². The number of amides is 1. The molecule has 3 aromatic heterocycles. The van der Waals surface area contributed by atoms with Gasteiger partial charge in [-0.25, -0.2) is 14.4 Å². The molecule has 0 unspecified atom stereocenters. The molecule has 0 bridgehead atoms. The van der Waals surface area contributed by atoms with E-state index in [4.69, 9.17) is 4.74 Å². The second-order valence-electron chi connectivity index (χ2n) is 12.1. The van der Waals surface area contributed by atoms with Gasteiger partial charge >= 0.3 is 0 Å². The van der Waals surface area contributed by atoms with Crippen LogP contribution in [0.1, 0.15) is 41.3 Å². The van der Waals surface area contributed by atoms with E-state index in [0.717, 1.165) is 48.2 Å². The molecular weight excluding hydrogens is 588 g/mol. The normalized spacial score (nSPS) is 18.0. The van der Waals surface area contributed by atoms with E-state index >= 15 is 0 Å². The Labute approximate surface area is 266 Å². The number of halogens is 2. The number of nitrogens with zero attached hydrogens (tertiary/aromatic N) is 5. The molecule has 1 saturated heterocycles. The molecule has 2 aromatic carbocycles. The summed E-state index contributed by atoms with van der Waals surface area (Å²) in [7, 11) is 3.59. The molecule has 238 valence electrons. The number of likely N-dealkylation sites (tertiary alicyclic amines) is 1. The van der Waals surface area contributed by atoms with Crippen molar-refractivity contribution in [1.82, 2.24) is 24.7 Å². The highest BCUT2D eigenvalue weighted by atomic mass is 19.2. The number of ether oxygens (including phenoxy) is 1. The number of rotatable bonds is 10. The predicted molar refractivity (Wildman–Crippen MR) is 173 cm³/mol. The van der Waals surface area contributed by atoms with Gasteiger partial charge in [0.2, 0.25) is 5.82 Å². The van der Waals surface area contributed by atoms with Crippen molar-refractivity contribution in [2.45, 2.75) is 32.7 Å². The Kier molecular flexibility index (Phi) is 8.94. The molecule has 1 amide bonds. The molecule has 11 heteroatoms. The van der Waals surface area contributed by atoms with E-state index in [2.05, 4.69) is 38.7 Å². The highest BCUT2D eigenvalue weighted by Crippen LogP contribution is 2.32. The summed E-state index contributed by atoms with van der Waals surface area (Å²) in [5.41, 5.74) is 4.40. The minimum atomic E-state index is -1.06. The van der Waals surface area contributed by atoms with E-state index in [9.17, 15) is 13.6 Å². The van der Waals surface area contributed by atoms with Gasteiger partial charge in [0.1, 0.15) is 6.54 Å². The van der Waals surface area contributed by atoms with Crippen molar-refractivity contribution in [2.75, 3.05) is 39.1 Å². The van der Waals surface area contributed by atoms with E-state index in [1.807, 2.05) is 37.4 Å². The highest BCUT2D eigenvalue weighted by molar-refractivity contribution is 5.96. The summed E-state index contributed by atoms with van der Waals surface area (Å²) in [4.78, 5) is 26.4. The number of carbonyl (C=O) groups is 1. The lowest BCUT2D eigenvalue weighted by molar-refractivity contribution is -0.928. The van der Waals surface area contributed by atoms with E-state index in [1.165, 1.54) is 31.0 Å². The summed E-state index contributed by atoms with van der Waals surface area (Å²) in [6.45, 7) is 5.78. The third kappa shape index (κ3) is 6.41. The summed E-state index contributed by atoms with van der Waals surface area (Å²) in [6, 6.07) is 12.6. The lowest BCUT2D eigenvalue weighted by atomic mass is 9.94. The lowest BCUT2D eigenvalue weighted by Crippen LogP contribution is -2.50. The molecule has 0 aliphatic carbocycles. The third-order valence-electron chi connectivity index (χ3n) is 8.96. The van der Waals surface area contributed by atoms with Crippen molar-refractivity contribution >= 4 is 23.1 Å². The number of imidazole rings is 1. The molecular formula is C35H38F2N7O2+. The molecule has 2 N–H and O–H groups in total. The first-order valence-corrected chi connectivity index (χ1v) is 15.5. The van der Waals surface area contributed by atoms with Crippen LogP contribution in [0.3, 0.4) is 0 Å². The molecule has 1 aliphatic rings. The van der Waals surface area contributed by atoms with Crippen LogP contribution >= 0.6 is 0 Å². The van der Waals surface area contributed by atoms with Gasteiger partial charge in [-0.3, -0.25) is 14.2 Å². The van der Waals surface area contributed by atoms with Crippen LogP contribution in [0.2, 0.25) is 0 Å². The Morgan fingerprint density at radius 2 is 1.89 bits per heavy atom. The Morgan fingerprint density at radius 1 is 1.07 bits per heavy atom. The van der Waals surface area contributed by atoms with Gasteiger partial charge in [0, 0.05) is 66.6 Å². The largest absolute Gasteiger partial charge is 0.494 e. The van der Waals surface area contributed by atoms with Crippen LogP contribution in [-0.2, 0) is 13.0 Å². The number of hydrogen-bond donors (Lipinski definition) is 2. The number of nitrogens with one attached hydrogen (secondary N) is 2. The second kappa shape index (κ2) is 13.2. The molecule has 4 heterocycles. The number of carbonyl (C=O) groups excluding carboxylic acids is 1. The number of anilines is 2. The van der Waals surface area contributed by atoms with E-state index in [-0.39, 0.29) is 17.2 Å². The van der Waals surface area contributed by atoms with Crippen molar-refractivity contribution < 1.29 is 22.8 Å². The summed E-state index contributed by atoms with van der Waals surface area (Å²) in [5, 5.41) is 6.47. The molecule has 0 spiro atoms. The van der Waals surface area contributed by atoms with Gasteiger partial charge in [-0.1, -0.05) is 13.0 Å². The quantitative estimate of drug-likeness (QED) is 0.180. The standard InChI is InChI=1S/C35H37F2N7O2/c1-4-25-18-26(42-33-34-40-21-29(43(34)15-14-39-33)28-9-10-30(46-3)32(37)31(28)36)7-8-27(25)35(45)41-20-23-11-16-44(2,17-12-23)22-24-6-5-13-38-19-24/h5-10,13-15,18-19,21,23H,4,11-12,16-17,20,22H2,1-3H3,(H-,39,41,42,45)/p+1. The van der Waals surface area contributed by atoms with Gasteiger partial charge < -0.3 is 19.9 Å². The first-order valence-electron chi connectivity index (χ1n) is 15.5. The zero-order valence-corrected chi connectivity index (χ0v) is 26.3. The zero-order valence-electron chi connectivity index (χ0n) is 26.3. The Hall–Kier alpha value is -4.90. The number of aryl methyl sites for hydroxylation is 1. The van der Waals surface area contributed by atoms with Crippen LogP contribution in [0.15, 0.2) is 73.4 Å². The number of hydrogen-bond acceptors (Lipinski definition) is 6. The maximum atomic E-state index is 14.9. The Morgan fingerprint density at radius 3 is 2.63 bits per heavy atom. The molecule has 5 aromatic rings. The Bertz CT molecular complexity index is 1850. The highest BCUT2D eigenvalue weighted by Gasteiger charge is 2.30. The van der Waals surface area contributed by atoms with Crippen LogP contribution in [0.5, 0.6) is 5.75 Å². The predicted octanol–water partition coefficient (Wildman–Crippen LogP) is 6.17. The molecule has 46 heavy (non-hydrogen) atoms. The fourth-order valence-corrected chi connectivity index (χ4v) is 6.29. The topological polar surface area (TPSA) is 93.4 Å². The van der Waals surface area contributed by atoms with E-state index < -0.39 is 11.6 Å². The second-order valence-corrected chi connectivity index (χ2v) is 12.1. The van der Waals surface area contributed by atoms with E-state index in [0.29, 0.717) is 41.6 Å².